The van der Waals surface area contributed by atoms with Crippen LogP contribution in [0.3, 0.4) is 0 Å². The second kappa shape index (κ2) is 5.19. The average molecular weight is 257 g/mol. The van der Waals surface area contributed by atoms with Crippen LogP contribution in [-0.4, -0.2) is 54.8 Å². The molecule has 100 valence electrons. The van der Waals surface area contributed by atoms with E-state index >= 15 is 0 Å². The van der Waals surface area contributed by atoms with Gasteiger partial charge in [-0.25, -0.2) is 4.79 Å². The van der Waals surface area contributed by atoms with Gasteiger partial charge in [-0.2, -0.15) is 13.2 Å². The quantitative estimate of drug-likeness (QED) is 0.616. The minimum absolute atomic E-state index is 0.113. The van der Waals surface area contributed by atoms with Crippen LogP contribution in [0.2, 0.25) is 0 Å². The van der Waals surface area contributed by atoms with E-state index in [9.17, 15) is 13.2 Å². The van der Waals surface area contributed by atoms with Gasteiger partial charge in [0.1, 0.15) is 0 Å². The molecule has 8 heteroatoms. The summed E-state index contributed by atoms with van der Waals surface area (Å²) in [6.45, 7) is 3.17. The Morgan fingerprint density at radius 3 is 2.18 bits per heavy atom. The molecule has 2 saturated heterocycles. The van der Waals surface area contributed by atoms with Crippen molar-refractivity contribution in [1.82, 2.24) is 5.32 Å². The van der Waals surface area contributed by atoms with E-state index in [2.05, 4.69) is 5.32 Å². The topological polar surface area (TPSA) is 78.8 Å². The lowest BCUT2D eigenvalue weighted by atomic mass is 9.80. The monoisotopic (exact) mass is 257 g/mol. The Morgan fingerprint density at radius 2 is 2.00 bits per heavy atom. The number of rotatable bonds is 1. The summed E-state index contributed by atoms with van der Waals surface area (Å²) in [4.78, 5) is 8.90. The van der Waals surface area contributed by atoms with Crippen molar-refractivity contribution >= 4 is 5.97 Å². The summed E-state index contributed by atoms with van der Waals surface area (Å²) < 4.78 is 37.1. The van der Waals surface area contributed by atoms with E-state index in [4.69, 9.17) is 19.7 Å². The minimum Gasteiger partial charge on any atom is -0.475 e. The van der Waals surface area contributed by atoms with Gasteiger partial charge in [0.25, 0.3) is 0 Å². The van der Waals surface area contributed by atoms with Gasteiger partial charge >= 0.3 is 12.1 Å². The maximum Gasteiger partial charge on any atom is 0.490 e. The summed E-state index contributed by atoms with van der Waals surface area (Å²) in [5.74, 6) is -2.76. The lowest BCUT2D eigenvalue weighted by molar-refractivity contribution is -0.192. The predicted molar refractivity (Wildman–Crippen MR) is 50.4 cm³/mol. The Bertz CT molecular complexity index is 278. The zero-order valence-corrected chi connectivity index (χ0v) is 8.96. The highest BCUT2D eigenvalue weighted by molar-refractivity contribution is 5.73. The Hall–Kier alpha value is -0.860. The molecule has 0 bridgehead atoms. The van der Waals surface area contributed by atoms with Crippen molar-refractivity contribution in [3.63, 3.8) is 0 Å². The fraction of sp³-hybridized carbons (Fsp3) is 0.889. The Balaban J connectivity index is 0.000000185. The number of carboxylic acid groups (broad SMARTS) is 1. The normalized spacial score (nSPS) is 26.0. The maximum atomic E-state index is 10.6. The summed E-state index contributed by atoms with van der Waals surface area (Å²) >= 11 is 0. The fourth-order valence-corrected chi connectivity index (χ4v) is 1.74. The Kier molecular flexibility index (Phi) is 4.34. The van der Waals surface area contributed by atoms with Gasteiger partial charge in [0, 0.05) is 18.5 Å². The van der Waals surface area contributed by atoms with Crippen LogP contribution in [0, 0.1) is 5.41 Å². The van der Waals surface area contributed by atoms with Crippen molar-refractivity contribution in [2.75, 3.05) is 26.3 Å². The number of ether oxygens (including phenoxy) is 1. The van der Waals surface area contributed by atoms with Crippen molar-refractivity contribution in [1.29, 1.82) is 0 Å². The average Bonchev–Trinajstić information content (AvgIpc) is 2.60. The number of aliphatic carboxylic acids is 1. The predicted octanol–water partition coefficient (Wildman–Crippen LogP) is -0.00950. The number of carbonyl (C=O) groups is 1. The molecule has 0 aromatic rings. The van der Waals surface area contributed by atoms with E-state index in [-0.39, 0.29) is 12.7 Å². The zero-order chi connectivity index (χ0) is 13.1. The first-order valence-corrected chi connectivity index (χ1v) is 5.02. The lowest BCUT2D eigenvalue weighted by Crippen LogP contribution is -2.53. The summed E-state index contributed by atoms with van der Waals surface area (Å²) in [6, 6.07) is 0. The van der Waals surface area contributed by atoms with Gasteiger partial charge in [-0.15, -0.1) is 0 Å². The van der Waals surface area contributed by atoms with Gasteiger partial charge in [-0.1, -0.05) is 0 Å². The summed E-state index contributed by atoms with van der Waals surface area (Å²) in [6.07, 6.45) is -3.93. The number of hydrogen-bond donors (Lipinski definition) is 3. The van der Waals surface area contributed by atoms with Crippen LogP contribution in [0.1, 0.15) is 6.42 Å². The third kappa shape index (κ3) is 3.83. The van der Waals surface area contributed by atoms with E-state index in [0.717, 1.165) is 26.1 Å². The number of alkyl halides is 3. The largest absolute Gasteiger partial charge is 0.490 e. The summed E-state index contributed by atoms with van der Waals surface area (Å²) in [7, 11) is 0. The zero-order valence-electron chi connectivity index (χ0n) is 8.96. The lowest BCUT2D eigenvalue weighted by Gasteiger charge is -2.37. The van der Waals surface area contributed by atoms with Crippen LogP contribution in [0.4, 0.5) is 13.2 Å². The fourth-order valence-electron chi connectivity index (χ4n) is 1.74. The number of carboxylic acids is 1. The number of hydrogen-bond acceptors (Lipinski definition) is 4. The summed E-state index contributed by atoms with van der Waals surface area (Å²) in [5.41, 5.74) is 0.396. The van der Waals surface area contributed by atoms with Crippen molar-refractivity contribution in [2.45, 2.75) is 18.7 Å². The molecule has 0 aliphatic carbocycles. The highest BCUT2D eigenvalue weighted by atomic mass is 19.4. The Morgan fingerprint density at radius 1 is 1.47 bits per heavy atom. The molecular weight excluding hydrogens is 243 g/mol. The van der Waals surface area contributed by atoms with Gasteiger partial charge in [-0.3, -0.25) is 0 Å². The second-order valence-corrected chi connectivity index (χ2v) is 4.23. The smallest absolute Gasteiger partial charge is 0.475 e. The van der Waals surface area contributed by atoms with Crippen LogP contribution < -0.4 is 5.32 Å². The molecule has 0 aromatic heterocycles. The number of aliphatic hydroxyl groups excluding tert-OH is 1. The van der Waals surface area contributed by atoms with Crippen molar-refractivity contribution in [3.05, 3.63) is 0 Å². The van der Waals surface area contributed by atoms with Crippen molar-refractivity contribution in [2.24, 2.45) is 5.41 Å². The highest BCUT2D eigenvalue weighted by Gasteiger charge is 2.44. The number of aliphatic hydroxyl groups is 1. The molecule has 0 amide bonds. The molecule has 1 atom stereocenters. The van der Waals surface area contributed by atoms with Gasteiger partial charge in [-0.05, 0) is 6.42 Å². The van der Waals surface area contributed by atoms with Crippen molar-refractivity contribution < 1.29 is 32.9 Å². The van der Waals surface area contributed by atoms with Crippen LogP contribution in [-0.2, 0) is 9.53 Å². The highest BCUT2D eigenvalue weighted by Crippen LogP contribution is 2.35. The van der Waals surface area contributed by atoms with E-state index in [1.54, 1.807) is 0 Å². The van der Waals surface area contributed by atoms with Crippen LogP contribution in [0.5, 0.6) is 0 Å². The van der Waals surface area contributed by atoms with E-state index in [1.807, 2.05) is 0 Å². The molecular formula is C9H14F3NO4. The van der Waals surface area contributed by atoms with E-state index in [1.165, 1.54) is 0 Å². The molecule has 5 nitrogen and oxygen atoms in total. The molecule has 0 saturated carbocycles. The van der Waals surface area contributed by atoms with Gasteiger partial charge < -0.3 is 20.3 Å². The number of nitrogens with one attached hydrogen (secondary N) is 1. The molecule has 2 aliphatic heterocycles. The first-order valence-electron chi connectivity index (χ1n) is 5.02. The molecule has 1 unspecified atom stereocenters. The molecule has 17 heavy (non-hydrogen) atoms. The summed E-state index contributed by atoms with van der Waals surface area (Å²) in [5, 5.41) is 19.1. The SMILES string of the molecule is O=C(O)C(F)(F)F.OCC1CC2(CNC2)CO1. The Labute approximate surface area is 95.6 Å². The third-order valence-corrected chi connectivity index (χ3v) is 2.73. The molecule has 0 aromatic carbocycles. The molecule has 2 rings (SSSR count). The van der Waals surface area contributed by atoms with E-state index < -0.39 is 12.1 Å². The van der Waals surface area contributed by atoms with Crippen molar-refractivity contribution in [3.8, 4) is 0 Å². The first-order chi connectivity index (χ1) is 7.79. The van der Waals surface area contributed by atoms with Crippen LogP contribution in [0.15, 0.2) is 0 Å². The molecule has 1 spiro atoms. The minimum atomic E-state index is -5.08. The van der Waals surface area contributed by atoms with E-state index in [0.29, 0.717) is 5.41 Å². The molecule has 2 aliphatic rings. The standard InChI is InChI=1S/C7H13NO2.C2HF3O2/c9-2-6-1-7(5-10-6)3-8-4-7;3-2(4,5)1(6)7/h6,8-9H,1-5H2;(H,6,7). The maximum absolute atomic E-state index is 10.6. The van der Waals surface area contributed by atoms with Gasteiger partial charge in [0.05, 0.1) is 19.3 Å². The second-order valence-electron chi connectivity index (χ2n) is 4.23. The molecule has 2 heterocycles. The van der Waals surface area contributed by atoms with Gasteiger partial charge in [0.2, 0.25) is 0 Å². The first kappa shape index (κ1) is 14.2. The van der Waals surface area contributed by atoms with Crippen LogP contribution in [0.25, 0.3) is 0 Å². The third-order valence-electron chi connectivity index (χ3n) is 2.73. The van der Waals surface area contributed by atoms with Gasteiger partial charge in [0.15, 0.2) is 0 Å². The number of halogens is 3. The van der Waals surface area contributed by atoms with Crippen LogP contribution >= 0.6 is 0 Å². The molecule has 3 N–H and O–H groups in total. The molecule has 0 radical (unpaired) electrons. The molecule has 2 fully saturated rings.